The van der Waals surface area contributed by atoms with Gasteiger partial charge < -0.3 is 0 Å². The van der Waals surface area contributed by atoms with Crippen molar-refractivity contribution in [3.63, 3.8) is 0 Å². The molecule has 0 spiro atoms. The zero-order chi connectivity index (χ0) is 20.1. The molecule has 28 heavy (non-hydrogen) atoms. The molecule has 4 rings (SSSR count). The fraction of sp³-hybridized carbons (Fsp3) is 0.370. The normalized spacial score (nSPS) is 17.3. The van der Waals surface area contributed by atoms with Crippen molar-refractivity contribution in [1.82, 2.24) is 0 Å². The van der Waals surface area contributed by atoms with E-state index in [1.165, 1.54) is 40.5 Å². The van der Waals surface area contributed by atoms with Crippen molar-refractivity contribution < 1.29 is 4.79 Å². The third-order valence-electron chi connectivity index (χ3n) is 6.67. The van der Waals surface area contributed by atoms with E-state index in [4.69, 9.17) is 0 Å². The summed E-state index contributed by atoms with van der Waals surface area (Å²) < 4.78 is 0. The van der Waals surface area contributed by atoms with E-state index in [2.05, 4.69) is 70.2 Å². The molecule has 1 aliphatic carbocycles. The lowest BCUT2D eigenvalue weighted by atomic mass is 9.63. The van der Waals surface area contributed by atoms with Crippen LogP contribution in [0.2, 0.25) is 0 Å². The van der Waals surface area contributed by atoms with Gasteiger partial charge in [-0.2, -0.15) is 0 Å². The maximum Gasteiger partial charge on any atom is 0.162 e. The fourth-order valence-corrected chi connectivity index (χ4v) is 4.57. The van der Waals surface area contributed by atoms with E-state index in [0.717, 1.165) is 10.9 Å². The van der Waals surface area contributed by atoms with Crippen molar-refractivity contribution in [1.29, 1.82) is 0 Å². The number of carbonyl (C=O) groups excluding carboxylic acids is 1. The highest BCUT2D eigenvalue weighted by Crippen LogP contribution is 2.46. The van der Waals surface area contributed by atoms with Crippen molar-refractivity contribution in [2.45, 2.75) is 64.7 Å². The summed E-state index contributed by atoms with van der Waals surface area (Å²) in [7, 11) is 0. The number of fused-ring (bicyclic) bond motifs is 2. The summed E-state index contributed by atoms with van der Waals surface area (Å²) in [5.74, 6) is 0.200. The van der Waals surface area contributed by atoms with Crippen molar-refractivity contribution in [3.05, 3.63) is 71.3 Å². The standard InChI is InChI=1S/C27H30O/c1-6-25(28)22-10-9-18-15-19(7-8-20(18)16-22)21-11-12-23-24(17-21)27(4,5)14-13-26(23,2)3/h7-12,15-17H,6,13-14H2,1-5H3. The monoisotopic (exact) mass is 370 g/mol. The molecule has 1 nitrogen and oxygen atoms in total. The van der Waals surface area contributed by atoms with Crippen LogP contribution in [0.3, 0.4) is 0 Å². The molecule has 0 aliphatic heterocycles. The van der Waals surface area contributed by atoms with Gasteiger partial charge in [-0.15, -0.1) is 0 Å². The molecule has 1 heteroatoms. The lowest BCUT2D eigenvalue weighted by Crippen LogP contribution is -2.33. The van der Waals surface area contributed by atoms with Crippen LogP contribution in [0.25, 0.3) is 21.9 Å². The lowest BCUT2D eigenvalue weighted by molar-refractivity contribution is 0.0988. The number of Topliss-reactive ketones (excluding diaryl/α,β-unsaturated/α-hetero) is 1. The zero-order valence-corrected chi connectivity index (χ0v) is 17.7. The van der Waals surface area contributed by atoms with Crippen LogP contribution in [0.4, 0.5) is 0 Å². The molecule has 0 saturated carbocycles. The molecule has 0 N–H and O–H groups in total. The van der Waals surface area contributed by atoms with Gasteiger partial charge in [-0.25, -0.2) is 0 Å². The van der Waals surface area contributed by atoms with E-state index in [9.17, 15) is 4.79 Å². The molecule has 0 heterocycles. The molecule has 0 aromatic heterocycles. The number of carbonyl (C=O) groups is 1. The van der Waals surface area contributed by atoms with E-state index in [0.29, 0.717) is 6.42 Å². The van der Waals surface area contributed by atoms with Crippen LogP contribution in [0, 0.1) is 0 Å². The predicted molar refractivity (Wildman–Crippen MR) is 119 cm³/mol. The first kappa shape index (κ1) is 18.9. The third-order valence-corrected chi connectivity index (χ3v) is 6.67. The Bertz CT molecular complexity index is 1070. The number of hydrogen-bond donors (Lipinski definition) is 0. The average molecular weight is 371 g/mol. The first-order chi connectivity index (χ1) is 13.2. The molecule has 0 saturated heterocycles. The van der Waals surface area contributed by atoms with Crippen LogP contribution in [0.5, 0.6) is 0 Å². The average Bonchev–Trinajstić information content (AvgIpc) is 2.70. The summed E-state index contributed by atoms with van der Waals surface area (Å²) in [5.41, 5.74) is 6.77. The highest BCUT2D eigenvalue weighted by atomic mass is 16.1. The van der Waals surface area contributed by atoms with Gasteiger partial charge in [-0.1, -0.05) is 77.1 Å². The van der Waals surface area contributed by atoms with Crippen LogP contribution < -0.4 is 0 Å². The summed E-state index contributed by atoms with van der Waals surface area (Å²) in [6.07, 6.45) is 3.01. The van der Waals surface area contributed by atoms with Crippen molar-refractivity contribution in [2.75, 3.05) is 0 Å². The van der Waals surface area contributed by atoms with Gasteiger partial charge in [0.1, 0.15) is 0 Å². The van der Waals surface area contributed by atoms with Crippen LogP contribution in [-0.2, 0) is 10.8 Å². The van der Waals surface area contributed by atoms with E-state index in [1.807, 2.05) is 19.1 Å². The highest BCUT2D eigenvalue weighted by Gasteiger charge is 2.36. The maximum absolute atomic E-state index is 12.0. The topological polar surface area (TPSA) is 17.1 Å². The van der Waals surface area contributed by atoms with Crippen molar-refractivity contribution in [2.24, 2.45) is 0 Å². The molecule has 0 radical (unpaired) electrons. The molecule has 3 aromatic rings. The van der Waals surface area contributed by atoms with Crippen LogP contribution in [0.15, 0.2) is 54.6 Å². The second kappa shape index (κ2) is 6.58. The Balaban J connectivity index is 1.79. The molecule has 0 amide bonds. The molecule has 0 unspecified atom stereocenters. The second-order valence-corrected chi connectivity index (χ2v) is 9.58. The van der Waals surface area contributed by atoms with Gasteiger partial charge in [-0.05, 0) is 68.8 Å². The summed E-state index contributed by atoms with van der Waals surface area (Å²) in [5, 5.41) is 2.31. The third kappa shape index (κ3) is 3.17. The Hall–Kier alpha value is -2.41. The maximum atomic E-state index is 12.0. The van der Waals surface area contributed by atoms with Gasteiger partial charge in [0.05, 0.1) is 0 Å². The number of benzene rings is 3. The molecule has 0 atom stereocenters. The van der Waals surface area contributed by atoms with Crippen molar-refractivity contribution in [3.8, 4) is 11.1 Å². The first-order valence-electron chi connectivity index (χ1n) is 10.4. The molecule has 3 aromatic carbocycles. The van der Waals surface area contributed by atoms with E-state index in [-0.39, 0.29) is 16.6 Å². The predicted octanol–water partition coefficient (Wildman–Crippen LogP) is 7.45. The van der Waals surface area contributed by atoms with Gasteiger partial charge in [0.2, 0.25) is 0 Å². The van der Waals surface area contributed by atoms with E-state index < -0.39 is 0 Å². The number of rotatable bonds is 3. The Morgan fingerprint density at radius 2 is 1.32 bits per heavy atom. The van der Waals surface area contributed by atoms with Crippen molar-refractivity contribution >= 4 is 16.6 Å². The number of hydrogen-bond acceptors (Lipinski definition) is 1. The van der Waals surface area contributed by atoms with Gasteiger partial charge in [0.15, 0.2) is 5.78 Å². The minimum absolute atomic E-state index is 0.200. The van der Waals surface area contributed by atoms with Gasteiger partial charge in [0.25, 0.3) is 0 Å². The summed E-state index contributed by atoms with van der Waals surface area (Å²) >= 11 is 0. The molecule has 0 bridgehead atoms. The highest BCUT2D eigenvalue weighted by molar-refractivity contribution is 6.00. The molecule has 1 aliphatic rings. The summed E-state index contributed by atoms with van der Waals surface area (Å²) in [4.78, 5) is 12.0. The molecular formula is C27H30O. The minimum Gasteiger partial charge on any atom is -0.294 e. The first-order valence-corrected chi connectivity index (χ1v) is 10.4. The SMILES string of the molecule is CCC(=O)c1ccc2cc(-c3ccc4c(c3)C(C)(C)CCC4(C)C)ccc2c1. The lowest BCUT2D eigenvalue weighted by Gasteiger charge is -2.42. The Morgan fingerprint density at radius 1 is 0.750 bits per heavy atom. The molecular weight excluding hydrogens is 340 g/mol. The Morgan fingerprint density at radius 3 is 2.04 bits per heavy atom. The fourth-order valence-electron chi connectivity index (χ4n) is 4.57. The largest absolute Gasteiger partial charge is 0.294 e. The quantitative estimate of drug-likeness (QED) is 0.438. The Labute approximate surface area is 168 Å². The van der Waals surface area contributed by atoms with E-state index >= 15 is 0 Å². The summed E-state index contributed by atoms with van der Waals surface area (Å²) in [6.45, 7) is 11.4. The smallest absolute Gasteiger partial charge is 0.162 e. The Kier molecular flexibility index (Phi) is 4.45. The van der Waals surface area contributed by atoms with Crippen LogP contribution >= 0.6 is 0 Å². The van der Waals surface area contributed by atoms with E-state index in [1.54, 1.807) is 0 Å². The van der Waals surface area contributed by atoms with Crippen LogP contribution in [0.1, 0.15) is 75.4 Å². The van der Waals surface area contributed by atoms with Gasteiger partial charge in [-0.3, -0.25) is 4.79 Å². The minimum atomic E-state index is 0.200. The van der Waals surface area contributed by atoms with Crippen LogP contribution in [-0.4, -0.2) is 5.78 Å². The molecule has 144 valence electrons. The summed E-state index contributed by atoms with van der Waals surface area (Å²) in [6, 6.07) is 19.7. The number of ketones is 1. The van der Waals surface area contributed by atoms with Gasteiger partial charge in [0, 0.05) is 12.0 Å². The zero-order valence-electron chi connectivity index (χ0n) is 17.7. The molecule has 0 fully saturated rings. The van der Waals surface area contributed by atoms with Gasteiger partial charge >= 0.3 is 0 Å². The second-order valence-electron chi connectivity index (χ2n) is 9.58.